The zero-order chi connectivity index (χ0) is 15.3. The highest BCUT2D eigenvalue weighted by Crippen LogP contribution is 2.24. The smallest absolute Gasteiger partial charge is 0.243 e. The molecule has 114 valence electrons. The molecule has 0 bridgehead atoms. The maximum atomic E-state index is 12.7. The molecule has 0 unspecified atom stereocenters. The van der Waals surface area contributed by atoms with Gasteiger partial charge in [-0.15, -0.1) is 0 Å². The molecule has 1 aromatic rings. The van der Waals surface area contributed by atoms with Crippen LogP contribution < -0.4 is 5.32 Å². The van der Waals surface area contributed by atoms with E-state index < -0.39 is 10.0 Å². The molecule has 0 saturated carbocycles. The van der Waals surface area contributed by atoms with Crippen LogP contribution in [0, 0.1) is 13.8 Å². The van der Waals surface area contributed by atoms with Crippen molar-refractivity contribution >= 4 is 10.0 Å². The van der Waals surface area contributed by atoms with Gasteiger partial charge in [0.05, 0.1) is 4.90 Å². The van der Waals surface area contributed by atoms with E-state index in [-0.39, 0.29) is 0 Å². The fourth-order valence-corrected chi connectivity index (χ4v) is 3.70. The lowest BCUT2D eigenvalue weighted by atomic mass is 10.1. The minimum atomic E-state index is -3.40. The summed E-state index contributed by atoms with van der Waals surface area (Å²) >= 11 is 0. The average Bonchev–Trinajstić information content (AvgIpc) is 2.39. The summed E-state index contributed by atoms with van der Waals surface area (Å²) in [4.78, 5) is 0.432. The third kappa shape index (κ3) is 3.81. The number of hydrogen-bond donors (Lipinski definition) is 1. The third-order valence-corrected chi connectivity index (χ3v) is 5.56. The summed E-state index contributed by atoms with van der Waals surface area (Å²) in [6.45, 7) is 7.12. The molecule has 0 aliphatic carbocycles. The second-order valence-corrected chi connectivity index (χ2v) is 7.26. The summed E-state index contributed by atoms with van der Waals surface area (Å²) in [7, 11) is 0.115. The molecule has 0 aromatic heterocycles. The van der Waals surface area contributed by atoms with Crippen LogP contribution >= 0.6 is 0 Å². The number of benzene rings is 1. The summed E-state index contributed by atoms with van der Waals surface area (Å²) in [6.07, 6.45) is 1.86. The van der Waals surface area contributed by atoms with Gasteiger partial charge in [0.25, 0.3) is 0 Å². The summed E-state index contributed by atoms with van der Waals surface area (Å²) in [5.41, 5.74) is 2.85. The van der Waals surface area contributed by atoms with Gasteiger partial charge in [-0.05, 0) is 50.1 Å². The molecular weight excluding hydrogens is 272 g/mol. The van der Waals surface area contributed by atoms with Gasteiger partial charge in [0.15, 0.2) is 0 Å². The van der Waals surface area contributed by atoms with E-state index in [4.69, 9.17) is 0 Å². The number of sulfonamides is 1. The molecule has 0 amide bonds. The molecular formula is C15H26N2O2S. The molecule has 4 nitrogen and oxygen atoms in total. The first-order valence-corrected chi connectivity index (χ1v) is 8.49. The molecule has 0 fully saturated rings. The molecule has 1 N–H and O–H groups in total. The lowest BCUT2D eigenvalue weighted by Crippen LogP contribution is -2.29. The van der Waals surface area contributed by atoms with Crippen LogP contribution in [0.25, 0.3) is 0 Å². The molecule has 0 atom stereocenters. The molecule has 0 spiro atoms. The van der Waals surface area contributed by atoms with Gasteiger partial charge in [-0.2, -0.15) is 0 Å². The summed E-state index contributed by atoms with van der Waals surface area (Å²) in [6, 6.07) is 3.83. The van der Waals surface area contributed by atoms with E-state index in [0.29, 0.717) is 18.0 Å². The summed E-state index contributed by atoms with van der Waals surface area (Å²) in [5.74, 6) is 0. The maximum absolute atomic E-state index is 12.7. The molecule has 0 aliphatic heterocycles. The van der Waals surface area contributed by atoms with Crippen LogP contribution in [0.4, 0.5) is 0 Å². The van der Waals surface area contributed by atoms with Crippen LogP contribution in [0.15, 0.2) is 17.0 Å². The van der Waals surface area contributed by atoms with Crippen molar-refractivity contribution in [2.75, 3.05) is 20.6 Å². The van der Waals surface area contributed by atoms with Crippen LogP contribution in [0.3, 0.4) is 0 Å². The second kappa shape index (κ2) is 7.20. The largest absolute Gasteiger partial charge is 0.316 e. The number of nitrogens with zero attached hydrogens (tertiary/aromatic N) is 1. The van der Waals surface area contributed by atoms with E-state index in [9.17, 15) is 8.42 Å². The maximum Gasteiger partial charge on any atom is 0.243 e. The molecule has 0 heterocycles. The Hall–Kier alpha value is -0.910. The molecule has 0 radical (unpaired) electrons. The quantitative estimate of drug-likeness (QED) is 0.841. The van der Waals surface area contributed by atoms with E-state index >= 15 is 0 Å². The van der Waals surface area contributed by atoms with Crippen LogP contribution in [-0.4, -0.2) is 33.4 Å². The molecule has 5 heteroatoms. The minimum Gasteiger partial charge on any atom is -0.316 e. The standard InChI is InChI=1S/C15H26N2O2S/c1-6-7-8-17(5)20(18,19)15-10-14(11-16-4)9-12(2)13(15)3/h9-10,16H,6-8,11H2,1-5H3. The molecule has 1 aromatic carbocycles. The molecule has 20 heavy (non-hydrogen) atoms. The van der Waals surface area contributed by atoms with Crippen molar-refractivity contribution in [2.45, 2.75) is 45.1 Å². The first-order valence-electron chi connectivity index (χ1n) is 7.05. The predicted molar refractivity (Wildman–Crippen MR) is 83.4 cm³/mol. The van der Waals surface area contributed by atoms with Crippen molar-refractivity contribution in [3.63, 3.8) is 0 Å². The summed E-state index contributed by atoms with van der Waals surface area (Å²) < 4.78 is 26.8. The van der Waals surface area contributed by atoms with Gasteiger partial charge >= 0.3 is 0 Å². The van der Waals surface area contributed by atoms with Crippen molar-refractivity contribution in [2.24, 2.45) is 0 Å². The Morgan fingerprint density at radius 1 is 1.25 bits per heavy atom. The Balaban J connectivity index is 3.22. The van der Waals surface area contributed by atoms with Gasteiger partial charge in [0, 0.05) is 20.1 Å². The van der Waals surface area contributed by atoms with Crippen LogP contribution in [0.5, 0.6) is 0 Å². The van der Waals surface area contributed by atoms with Gasteiger partial charge < -0.3 is 5.32 Å². The predicted octanol–water partition coefficient (Wildman–Crippen LogP) is 2.44. The third-order valence-electron chi connectivity index (χ3n) is 3.58. The number of hydrogen-bond acceptors (Lipinski definition) is 3. The molecule has 0 saturated heterocycles. The molecule has 1 rings (SSSR count). The zero-order valence-corrected chi connectivity index (χ0v) is 14.0. The van der Waals surface area contributed by atoms with E-state index in [1.54, 1.807) is 13.1 Å². The van der Waals surface area contributed by atoms with Crippen molar-refractivity contribution in [3.8, 4) is 0 Å². The van der Waals surface area contributed by atoms with Gasteiger partial charge in [0.2, 0.25) is 10.0 Å². The Morgan fingerprint density at radius 2 is 1.90 bits per heavy atom. The SMILES string of the molecule is CCCCN(C)S(=O)(=O)c1cc(CNC)cc(C)c1C. The minimum absolute atomic E-state index is 0.432. The van der Waals surface area contributed by atoms with Crippen molar-refractivity contribution < 1.29 is 8.42 Å². The first kappa shape index (κ1) is 17.1. The molecule has 0 aliphatic rings. The fourth-order valence-electron chi connectivity index (χ4n) is 2.14. The summed E-state index contributed by atoms with van der Waals surface area (Å²) in [5, 5.41) is 3.06. The highest BCUT2D eigenvalue weighted by Gasteiger charge is 2.23. The second-order valence-electron chi connectivity index (χ2n) is 5.25. The van der Waals surface area contributed by atoms with Crippen molar-refractivity contribution in [1.29, 1.82) is 0 Å². The number of aryl methyl sites for hydroxylation is 1. The van der Waals surface area contributed by atoms with Gasteiger partial charge in [0.1, 0.15) is 0 Å². The van der Waals surface area contributed by atoms with Crippen LogP contribution in [0.2, 0.25) is 0 Å². The number of rotatable bonds is 7. The first-order chi connectivity index (χ1) is 9.34. The Bertz CT molecular complexity index is 553. The fraction of sp³-hybridized carbons (Fsp3) is 0.600. The monoisotopic (exact) mass is 298 g/mol. The van der Waals surface area contributed by atoms with Gasteiger partial charge in [-0.3, -0.25) is 0 Å². The lowest BCUT2D eigenvalue weighted by Gasteiger charge is -2.20. The number of unbranched alkanes of at least 4 members (excludes halogenated alkanes) is 1. The normalized spacial score (nSPS) is 12.1. The Labute approximate surface area is 123 Å². The van der Waals surface area contributed by atoms with Gasteiger partial charge in [-0.1, -0.05) is 19.4 Å². The van der Waals surface area contributed by atoms with E-state index in [2.05, 4.69) is 12.2 Å². The topological polar surface area (TPSA) is 49.4 Å². The van der Waals surface area contributed by atoms with Crippen molar-refractivity contribution in [3.05, 3.63) is 28.8 Å². The Kier molecular flexibility index (Phi) is 6.17. The average molecular weight is 298 g/mol. The number of nitrogens with one attached hydrogen (secondary N) is 1. The van der Waals surface area contributed by atoms with Crippen molar-refractivity contribution in [1.82, 2.24) is 9.62 Å². The van der Waals surface area contributed by atoms with Crippen LogP contribution in [-0.2, 0) is 16.6 Å². The highest BCUT2D eigenvalue weighted by molar-refractivity contribution is 7.89. The van der Waals surface area contributed by atoms with E-state index in [1.165, 1.54) is 4.31 Å². The van der Waals surface area contributed by atoms with E-state index in [0.717, 1.165) is 29.5 Å². The van der Waals surface area contributed by atoms with Gasteiger partial charge in [-0.25, -0.2) is 12.7 Å². The van der Waals surface area contributed by atoms with E-state index in [1.807, 2.05) is 27.0 Å². The Morgan fingerprint density at radius 3 is 2.45 bits per heavy atom. The van der Waals surface area contributed by atoms with Crippen LogP contribution in [0.1, 0.15) is 36.5 Å². The zero-order valence-electron chi connectivity index (χ0n) is 13.2. The highest BCUT2D eigenvalue weighted by atomic mass is 32.2. The lowest BCUT2D eigenvalue weighted by molar-refractivity contribution is 0.458.